The van der Waals surface area contributed by atoms with Gasteiger partial charge in [-0.15, -0.1) is 0 Å². The van der Waals surface area contributed by atoms with Crippen molar-refractivity contribution >= 4 is 17.9 Å². The van der Waals surface area contributed by atoms with Crippen molar-refractivity contribution in [3.05, 3.63) is 29.6 Å². The SMILES string of the molecule is CC(C)(C)OC(=O)N1CCC2(C1)OC(=O)Nc1ccc(F)cc12. The average Bonchev–Trinajstić information content (AvgIpc) is 2.83. The van der Waals surface area contributed by atoms with Crippen LogP contribution in [0.25, 0.3) is 0 Å². The summed E-state index contributed by atoms with van der Waals surface area (Å²) in [6.07, 6.45) is -0.673. The van der Waals surface area contributed by atoms with Crippen LogP contribution in [0.2, 0.25) is 0 Å². The van der Waals surface area contributed by atoms with Crippen molar-refractivity contribution in [2.75, 3.05) is 18.4 Å². The quantitative estimate of drug-likeness (QED) is 0.796. The van der Waals surface area contributed by atoms with Crippen LogP contribution in [0.15, 0.2) is 18.2 Å². The summed E-state index contributed by atoms with van der Waals surface area (Å²) in [6, 6.07) is 4.12. The van der Waals surface area contributed by atoms with Crippen LogP contribution in [0, 0.1) is 5.82 Å². The molecule has 2 heterocycles. The van der Waals surface area contributed by atoms with Crippen molar-refractivity contribution in [1.82, 2.24) is 4.90 Å². The van der Waals surface area contributed by atoms with E-state index in [1.54, 1.807) is 20.8 Å². The number of carbonyl (C=O) groups is 2. The van der Waals surface area contributed by atoms with Gasteiger partial charge in [0.25, 0.3) is 0 Å². The molecular formula is C16H19FN2O4. The van der Waals surface area contributed by atoms with Crippen molar-refractivity contribution < 1.29 is 23.5 Å². The maximum Gasteiger partial charge on any atom is 0.412 e. The molecule has 2 aliphatic rings. The van der Waals surface area contributed by atoms with E-state index >= 15 is 0 Å². The second-order valence-corrected chi connectivity index (χ2v) is 6.85. The monoisotopic (exact) mass is 322 g/mol. The van der Waals surface area contributed by atoms with E-state index in [1.807, 2.05) is 0 Å². The fourth-order valence-electron chi connectivity index (χ4n) is 2.94. The molecule has 1 fully saturated rings. The molecule has 0 aliphatic carbocycles. The van der Waals surface area contributed by atoms with Gasteiger partial charge in [-0.3, -0.25) is 5.32 Å². The summed E-state index contributed by atoms with van der Waals surface area (Å²) in [5.74, 6) is -0.418. The number of nitrogens with one attached hydrogen (secondary N) is 1. The number of benzene rings is 1. The molecule has 3 rings (SSSR count). The molecule has 6 nitrogen and oxygen atoms in total. The molecule has 23 heavy (non-hydrogen) atoms. The standard InChI is InChI=1S/C16H19FN2O4/c1-15(2,3)23-14(21)19-7-6-16(9-19)11-8-10(17)4-5-12(11)18-13(20)22-16/h4-5,8H,6-7,9H2,1-3H3,(H,18,20). The fourth-order valence-corrected chi connectivity index (χ4v) is 2.94. The number of fused-ring (bicyclic) bond motifs is 2. The summed E-state index contributed by atoms with van der Waals surface area (Å²) in [5, 5.41) is 2.56. The first-order valence-corrected chi connectivity index (χ1v) is 7.46. The number of hydrogen-bond donors (Lipinski definition) is 1. The van der Waals surface area contributed by atoms with Gasteiger partial charge in [-0.2, -0.15) is 0 Å². The highest BCUT2D eigenvalue weighted by atomic mass is 19.1. The Balaban J connectivity index is 1.88. The van der Waals surface area contributed by atoms with Crippen molar-refractivity contribution in [1.29, 1.82) is 0 Å². The third-order valence-electron chi connectivity index (χ3n) is 3.88. The van der Waals surface area contributed by atoms with E-state index in [4.69, 9.17) is 9.47 Å². The summed E-state index contributed by atoms with van der Waals surface area (Å²) < 4.78 is 24.4. The topological polar surface area (TPSA) is 67.9 Å². The second-order valence-electron chi connectivity index (χ2n) is 6.85. The number of anilines is 1. The zero-order chi connectivity index (χ0) is 16.8. The zero-order valence-electron chi connectivity index (χ0n) is 13.3. The van der Waals surface area contributed by atoms with Crippen LogP contribution in [0.5, 0.6) is 0 Å². The van der Waals surface area contributed by atoms with Gasteiger partial charge in [0.2, 0.25) is 0 Å². The smallest absolute Gasteiger partial charge is 0.412 e. The lowest BCUT2D eigenvalue weighted by molar-refractivity contribution is 0.00421. The highest BCUT2D eigenvalue weighted by Crippen LogP contribution is 2.43. The van der Waals surface area contributed by atoms with E-state index in [0.717, 1.165) is 0 Å². The number of carbonyl (C=O) groups excluding carboxylic acids is 2. The van der Waals surface area contributed by atoms with E-state index < -0.39 is 29.2 Å². The molecule has 124 valence electrons. The van der Waals surface area contributed by atoms with Crippen LogP contribution in [-0.2, 0) is 15.1 Å². The Bertz CT molecular complexity index is 671. The van der Waals surface area contributed by atoms with Gasteiger partial charge >= 0.3 is 12.2 Å². The van der Waals surface area contributed by atoms with Crippen molar-refractivity contribution in [3.63, 3.8) is 0 Å². The minimum atomic E-state index is -1.03. The Morgan fingerprint density at radius 1 is 1.43 bits per heavy atom. The van der Waals surface area contributed by atoms with Gasteiger partial charge in [-0.1, -0.05) is 0 Å². The van der Waals surface area contributed by atoms with Gasteiger partial charge in [0, 0.05) is 18.5 Å². The Kier molecular flexibility index (Phi) is 3.46. The van der Waals surface area contributed by atoms with Crippen LogP contribution < -0.4 is 5.32 Å². The average molecular weight is 322 g/mol. The largest absolute Gasteiger partial charge is 0.444 e. The van der Waals surface area contributed by atoms with E-state index in [2.05, 4.69) is 5.32 Å². The molecule has 1 aromatic carbocycles. The van der Waals surface area contributed by atoms with Gasteiger partial charge in [-0.25, -0.2) is 14.0 Å². The maximum atomic E-state index is 13.6. The van der Waals surface area contributed by atoms with Gasteiger partial charge in [0.05, 0.1) is 12.2 Å². The summed E-state index contributed by atoms with van der Waals surface area (Å²) in [7, 11) is 0. The van der Waals surface area contributed by atoms with Crippen molar-refractivity contribution in [2.24, 2.45) is 0 Å². The molecule has 1 spiro atoms. The molecular weight excluding hydrogens is 303 g/mol. The number of halogens is 1. The maximum absolute atomic E-state index is 13.6. The van der Waals surface area contributed by atoms with E-state index in [0.29, 0.717) is 24.2 Å². The van der Waals surface area contributed by atoms with Crippen LogP contribution >= 0.6 is 0 Å². The molecule has 0 bridgehead atoms. The van der Waals surface area contributed by atoms with E-state index in [1.165, 1.54) is 23.1 Å². The zero-order valence-corrected chi connectivity index (χ0v) is 13.3. The van der Waals surface area contributed by atoms with Gasteiger partial charge in [0.15, 0.2) is 5.60 Å². The molecule has 0 saturated carbocycles. The Hall–Kier alpha value is -2.31. The Morgan fingerprint density at radius 3 is 2.87 bits per heavy atom. The molecule has 7 heteroatoms. The number of amides is 2. The highest BCUT2D eigenvalue weighted by molar-refractivity contribution is 5.89. The number of ether oxygens (including phenoxy) is 2. The minimum absolute atomic E-state index is 0.145. The minimum Gasteiger partial charge on any atom is -0.444 e. The van der Waals surface area contributed by atoms with Crippen molar-refractivity contribution in [2.45, 2.75) is 38.4 Å². The second kappa shape index (κ2) is 5.11. The summed E-state index contributed by atoms with van der Waals surface area (Å²) >= 11 is 0. The van der Waals surface area contributed by atoms with Crippen LogP contribution in [0.4, 0.5) is 19.7 Å². The first-order chi connectivity index (χ1) is 10.7. The number of rotatable bonds is 0. The Morgan fingerprint density at radius 2 is 2.17 bits per heavy atom. The van der Waals surface area contributed by atoms with Crippen LogP contribution in [-0.4, -0.2) is 35.8 Å². The first-order valence-electron chi connectivity index (χ1n) is 7.46. The van der Waals surface area contributed by atoms with Crippen LogP contribution in [0.3, 0.4) is 0 Å². The molecule has 0 radical (unpaired) electrons. The predicted octanol–water partition coefficient (Wildman–Crippen LogP) is 3.22. The molecule has 1 unspecified atom stereocenters. The number of hydrogen-bond acceptors (Lipinski definition) is 4. The van der Waals surface area contributed by atoms with Gasteiger partial charge in [0.1, 0.15) is 11.4 Å². The predicted molar refractivity (Wildman–Crippen MR) is 80.6 cm³/mol. The Labute approximate surface area is 133 Å². The lowest BCUT2D eigenvalue weighted by Crippen LogP contribution is -2.43. The molecule has 2 aliphatic heterocycles. The van der Waals surface area contributed by atoms with E-state index in [9.17, 15) is 14.0 Å². The fraction of sp³-hybridized carbons (Fsp3) is 0.500. The summed E-state index contributed by atoms with van der Waals surface area (Å²) in [6.45, 7) is 5.87. The summed E-state index contributed by atoms with van der Waals surface area (Å²) in [5.41, 5.74) is -0.588. The molecule has 1 atom stereocenters. The lowest BCUT2D eigenvalue weighted by atomic mass is 9.90. The number of nitrogens with zero attached hydrogens (tertiary/aromatic N) is 1. The van der Waals surface area contributed by atoms with Gasteiger partial charge in [-0.05, 0) is 39.0 Å². The van der Waals surface area contributed by atoms with E-state index in [-0.39, 0.29) is 6.54 Å². The molecule has 2 amide bonds. The third-order valence-corrected chi connectivity index (χ3v) is 3.88. The molecule has 1 aromatic rings. The van der Waals surface area contributed by atoms with Crippen molar-refractivity contribution in [3.8, 4) is 0 Å². The molecule has 1 saturated heterocycles. The number of likely N-dealkylation sites (tertiary alicyclic amines) is 1. The highest BCUT2D eigenvalue weighted by Gasteiger charge is 2.49. The molecule has 1 N–H and O–H groups in total. The summed E-state index contributed by atoms with van der Waals surface area (Å²) in [4.78, 5) is 25.5. The van der Waals surface area contributed by atoms with Crippen LogP contribution in [0.1, 0.15) is 32.8 Å². The molecule has 0 aromatic heterocycles. The lowest BCUT2D eigenvalue weighted by Gasteiger charge is -2.35. The van der Waals surface area contributed by atoms with Gasteiger partial charge < -0.3 is 14.4 Å². The normalized spacial score (nSPS) is 23.3. The first kappa shape index (κ1) is 15.6. The third kappa shape index (κ3) is 2.95.